The summed E-state index contributed by atoms with van der Waals surface area (Å²) in [6.45, 7) is 2.68. The smallest absolute Gasteiger partial charge is 0.159 e. The number of unbranched alkanes of at least 4 members (excludes halogenated alkanes) is 1. The number of aliphatic imine (C=N–C) groups is 2. The number of hydrogen-bond acceptors (Lipinski definition) is 5. The van der Waals surface area contributed by atoms with Gasteiger partial charge in [-0.15, -0.1) is 0 Å². The first-order valence-electron chi connectivity index (χ1n) is 6.67. The van der Waals surface area contributed by atoms with Gasteiger partial charge in [0.1, 0.15) is 11.4 Å². The molecule has 1 heterocycles. The molecule has 106 valence electrons. The van der Waals surface area contributed by atoms with Crippen LogP contribution in [0.4, 0.5) is 0 Å². The summed E-state index contributed by atoms with van der Waals surface area (Å²) in [6, 6.07) is 7.56. The molecule has 0 unspecified atom stereocenters. The molecule has 1 aliphatic heterocycles. The van der Waals surface area contributed by atoms with E-state index in [2.05, 4.69) is 16.9 Å². The van der Waals surface area contributed by atoms with Gasteiger partial charge in [0.25, 0.3) is 0 Å². The van der Waals surface area contributed by atoms with Crippen LogP contribution in [0.5, 0.6) is 5.75 Å². The van der Waals surface area contributed by atoms with E-state index in [1.54, 1.807) is 19.5 Å². The fourth-order valence-corrected chi connectivity index (χ4v) is 1.79. The molecular weight excluding hydrogens is 254 g/mol. The number of nitrogens with zero attached hydrogens (tertiary/aromatic N) is 3. The Morgan fingerprint density at radius 2 is 2.05 bits per heavy atom. The molecule has 5 nitrogen and oxygen atoms in total. The predicted molar refractivity (Wildman–Crippen MR) is 79.5 cm³/mol. The fraction of sp³-hybridized carbons (Fsp3) is 0.333. The molecule has 1 N–H and O–H groups in total. The summed E-state index contributed by atoms with van der Waals surface area (Å²) in [5.41, 5.74) is 1.57. The van der Waals surface area contributed by atoms with Crippen molar-refractivity contribution in [2.45, 2.75) is 19.8 Å². The van der Waals surface area contributed by atoms with Gasteiger partial charge in [-0.1, -0.05) is 13.3 Å². The summed E-state index contributed by atoms with van der Waals surface area (Å²) < 4.78 is 5.11. The highest BCUT2D eigenvalue weighted by Crippen LogP contribution is 2.16. The van der Waals surface area contributed by atoms with Crippen LogP contribution in [-0.4, -0.2) is 36.0 Å². The van der Waals surface area contributed by atoms with E-state index in [9.17, 15) is 5.21 Å². The third-order valence-electron chi connectivity index (χ3n) is 2.92. The third-order valence-corrected chi connectivity index (χ3v) is 2.92. The van der Waals surface area contributed by atoms with Crippen molar-refractivity contribution in [2.75, 3.05) is 13.7 Å². The van der Waals surface area contributed by atoms with Crippen LogP contribution in [-0.2, 0) is 0 Å². The van der Waals surface area contributed by atoms with Crippen LogP contribution < -0.4 is 4.74 Å². The van der Waals surface area contributed by atoms with Crippen LogP contribution in [0.1, 0.15) is 25.3 Å². The molecule has 0 atom stereocenters. The SMILES string of the molecule is CCCCN(O)/C=C1\C=NC(c2ccc(OC)cc2)=N1. The van der Waals surface area contributed by atoms with E-state index in [1.165, 1.54) is 0 Å². The predicted octanol–water partition coefficient (Wildman–Crippen LogP) is 2.86. The number of allylic oxidation sites excluding steroid dienone is 1. The van der Waals surface area contributed by atoms with E-state index in [-0.39, 0.29) is 0 Å². The minimum Gasteiger partial charge on any atom is -0.497 e. The highest BCUT2D eigenvalue weighted by atomic mass is 16.5. The summed E-state index contributed by atoms with van der Waals surface area (Å²) in [7, 11) is 1.63. The zero-order valence-corrected chi connectivity index (χ0v) is 11.8. The normalized spacial score (nSPS) is 15.6. The van der Waals surface area contributed by atoms with E-state index in [1.807, 2.05) is 24.3 Å². The Morgan fingerprint density at radius 1 is 1.30 bits per heavy atom. The zero-order chi connectivity index (χ0) is 14.4. The fourth-order valence-electron chi connectivity index (χ4n) is 1.79. The maximum Gasteiger partial charge on any atom is 0.159 e. The van der Waals surface area contributed by atoms with E-state index in [0.717, 1.165) is 29.2 Å². The highest BCUT2D eigenvalue weighted by Gasteiger charge is 2.09. The van der Waals surface area contributed by atoms with E-state index < -0.39 is 0 Å². The van der Waals surface area contributed by atoms with Crippen LogP contribution in [0.2, 0.25) is 0 Å². The van der Waals surface area contributed by atoms with Gasteiger partial charge < -0.3 is 4.74 Å². The summed E-state index contributed by atoms with van der Waals surface area (Å²) in [5.74, 6) is 1.44. The summed E-state index contributed by atoms with van der Waals surface area (Å²) >= 11 is 0. The molecule has 1 aliphatic rings. The Bertz CT molecular complexity index is 533. The molecule has 0 radical (unpaired) electrons. The molecule has 0 aliphatic carbocycles. The Kier molecular flexibility index (Phi) is 4.90. The molecule has 0 fully saturated rings. The van der Waals surface area contributed by atoms with Crippen molar-refractivity contribution in [3.8, 4) is 5.75 Å². The second kappa shape index (κ2) is 6.86. The van der Waals surface area contributed by atoms with Crippen LogP contribution in [0.25, 0.3) is 0 Å². The largest absolute Gasteiger partial charge is 0.497 e. The van der Waals surface area contributed by atoms with Crippen molar-refractivity contribution in [1.29, 1.82) is 0 Å². The molecule has 0 saturated carbocycles. The van der Waals surface area contributed by atoms with Gasteiger partial charge in [-0.05, 0) is 30.7 Å². The minimum absolute atomic E-state index is 0.598. The summed E-state index contributed by atoms with van der Waals surface area (Å²) in [4.78, 5) is 8.63. The summed E-state index contributed by atoms with van der Waals surface area (Å²) in [5, 5.41) is 10.8. The number of hydrogen-bond donors (Lipinski definition) is 1. The van der Waals surface area contributed by atoms with Gasteiger partial charge >= 0.3 is 0 Å². The van der Waals surface area contributed by atoms with Crippen molar-refractivity contribution < 1.29 is 9.94 Å². The minimum atomic E-state index is 0.598. The maximum atomic E-state index is 9.68. The lowest BCUT2D eigenvalue weighted by Crippen LogP contribution is -2.13. The van der Waals surface area contributed by atoms with Gasteiger partial charge in [0, 0.05) is 12.1 Å². The van der Waals surface area contributed by atoms with E-state index in [0.29, 0.717) is 18.1 Å². The van der Waals surface area contributed by atoms with Gasteiger partial charge in [0.05, 0.1) is 19.5 Å². The van der Waals surface area contributed by atoms with Gasteiger partial charge in [0.15, 0.2) is 5.84 Å². The standard InChI is InChI=1S/C15H19N3O2/c1-3-4-9-18(19)11-13-10-16-15(17-13)12-5-7-14(20-2)8-6-12/h5-8,10-11,19H,3-4,9H2,1-2H3/b13-11+. The second-order valence-corrected chi connectivity index (χ2v) is 4.49. The molecule has 0 saturated heterocycles. The number of rotatable bonds is 6. The summed E-state index contributed by atoms with van der Waals surface area (Å²) in [6.07, 6.45) is 5.21. The van der Waals surface area contributed by atoms with Gasteiger partial charge in [0.2, 0.25) is 0 Å². The quantitative estimate of drug-likeness (QED) is 0.811. The number of methoxy groups -OCH3 is 1. The topological polar surface area (TPSA) is 57.4 Å². The Hall–Kier alpha value is -2.14. The lowest BCUT2D eigenvalue weighted by Gasteiger charge is -2.10. The number of hydroxylamine groups is 2. The molecule has 0 amide bonds. The molecule has 1 aromatic rings. The monoisotopic (exact) mass is 273 g/mol. The Balaban J connectivity index is 2.06. The van der Waals surface area contributed by atoms with Crippen LogP contribution >= 0.6 is 0 Å². The van der Waals surface area contributed by atoms with Crippen molar-refractivity contribution >= 4 is 12.1 Å². The van der Waals surface area contributed by atoms with Crippen molar-refractivity contribution in [1.82, 2.24) is 5.06 Å². The van der Waals surface area contributed by atoms with Crippen LogP contribution in [0, 0.1) is 0 Å². The molecule has 0 bridgehead atoms. The van der Waals surface area contributed by atoms with Gasteiger partial charge in [-0.2, -0.15) is 0 Å². The number of benzene rings is 1. The van der Waals surface area contributed by atoms with Crippen LogP contribution in [0.15, 0.2) is 46.1 Å². The molecule has 0 spiro atoms. The average molecular weight is 273 g/mol. The molecular formula is C15H19N3O2. The third kappa shape index (κ3) is 3.68. The highest BCUT2D eigenvalue weighted by molar-refractivity contribution is 6.10. The average Bonchev–Trinajstić information content (AvgIpc) is 2.93. The lowest BCUT2D eigenvalue weighted by atomic mass is 10.2. The number of amidine groups is 1. The van der Waals surface area contributed by atoms with E-state index in [4.69, 9.17) is 4.74 Å². The molecule has 2 rings (SSSR count). The Morgan fingerprint density at radius 3 is 2.70 bits per heavy atom. The van der Waals surface area contributed by atoms with Crippen molar-refractivity contribution in [3.05, 3.63) is 41.7 Å². The van der Waals surface area contributed by atoms with Gasteiger partial charge in [-0.3, -0.25) is 10.3 Å². The second-order valence-electron chi connectivity index (χ2n) is 4.49. The van der Waals surface area contributed by atoms with Crippen molar-refractivity contribution in [3.63, 3.8) is 0 Å². The maximum absolute atomic E-state index is 9.68. The molecule has 20 heavy (non-hydrogen) atoms. The first-order chi connectivity index (χ1) is 9.72. The first kappa shape index (κ1) is 14.3. The zero-order valence-electron chi connectivity index (χ0n) is 11.8. The van der Waals surface area contributed by atoms with E-state index >= 15 is 0 Å². The Labute approximate surface area is 118 Å². The van der Waals surface area contributed by atoms with Crippen molar-refractivity contribution in [2.24, 2.45) is 9.98 Å². The molecule has 0 aromatic heterocycles. The molecule has 5 heteroatoms. The van der Waals surface area contributed by atoms with Crippen LogP contribution in [0.3, 0.4) is 0 Å². The van der Waals surface area contributed by atoms with Gasteiger partial charge in [-0.25, -0.2) is 9.98 Å². The number of ether oxygens (including phenoxy) is 1. The first-order valence-corrected chi connectivity index (χ1v) is 6.67. The lowest BCUT2D eigenvalue weighted by molar-refractivity contribution is -0.0419. The molecule has 1 aromatic carbocycles.